The maximum absolute atomic E-state index is 12.3. The molecule has 1 heterocycles. The standard InChI is InChI=1S/C39H44O8/c1-39(2,45-27-32-21-13-6-14-22-32)37-36(44-26-31-19-11-5-12-20-31)33(43-25-30-17-9-4-10-18-30)23-35(47-37)46-34(38(40)41)28-42-24-29-15-7-3-8-16-29/h3-22,33-37H,23-28H2,1-2H3,(H,40,41)/t33-,34?,35+,36+,37+/m1/s1. The highest BCUT2D eigenvalue weighted by atomic mass is 16.7. The van der Waals surface area contributed by atoms with Crippen LogP contribution >= 0.6 is 0 Å². The van der Waals surface area contributed by atoms with E-state index in [1.807, 2.05) is 135 Å². The summed E-state index contributed by atoms with van der Waals surface area (Å²) in [5.41, 5.74) is 3.10. The molecule has 0 spiro atoms. The van der Waals surface area contributed by atoms with Gasteiger partial charge in [0.1, 0.15) is 12.2 Å². The molecule has 1 aliphatic rings. The van der Waals surface area contributed by atoms with Gasteiger partial charge in [-0.2, -0.15) is 0 Å². The molecular weight excluding hydrogens is 596 g/mol. The fourth-order valence-electron chi connectivity index (χ4n) is 5.50. The van der Waals surface area contributed by atoms with E-state index >= 15 is 0 Å². The van der Waals surface area contributed by atoms with Crippen molar-refractivity contribution in [2.75, 3.05) is 6.61 Å². The predicted molar refractivity (Wildman–Crippen MR) is 177 cm³/mol. The quantitative estimate of drug-likeness (QED) is 0.133. The monoisotopic (exact) mass is 640 g/mol. The van der Waals surface area contributed by atoms with E-state index in [0.717, 1.165) is 22.3 Å². The number of hydrogen-bond donors (Lipinski definition) is 1. The van der Waals surface area contributed by atoms with Gasteiger partial charge in [0.2, 0.25) is 0 Å². The van der Waals surface area contributed by atoms with Crippen LogP contribution in [-0.4, -0.2) is 54.0 Å². The Balaban J connectivity index is 1.37. The zero-order valence-corrected chi connectivity index (χ0v) is 27.0. The molecule has 5 atom stereocenters. The molecule has 8 heteroatoms. The first-order valence-electron chi connectivity index (χ1n) is 16.0. The van der Waals surface area contributed by atoms with Gasteiger partial charge < -0.3 is 33.5 Å². The second-order valence-electron chi connectivity index (χ2n) is 12.2. The summed E-state index contributed by atoms with van der Waals surface area (Å²) >= 11 is 0. The van der Waals surface area contributed by atoms with Gasteiger partial charge in [0, 0.05) is 6.42 Å². The zero-order valence-electron chi connectivity index (χ0n) is 27.0. The minimum Gasteiger partial charge on any atom is -0.479 e. The van der Waals surface area contributed by atoms with E-state index in [2.05, 4.69) is 0 Å². The largest absolute Gasteiger partial charge is 0.479 e. The van der Waals surface area contributed by atoms with Gasteiger partial charge >= 0.3 is 5.97 Å². The lowest BCUT2D eigenvalue weighted by Crippen LogP contribution is -2.60. The van der Waals surface area contributed by atoms with E-state index in [9.17, 15) is 9.90 Å². The van der Waals surface area contributed by atoms with Crippen molar-refractivity contribution in [3.05, 3.63) is 144 Å². The molecule has 4 aromatic carbocycles. The lowest BCUT2D eigenvalue weighted by atomic mass is 9.89. The molecule has 1 N–H and O–H groups in total. The first-order chi connectivity index (χ1) is 22.9. The third kappa shape index (κ3) is 10.6. The Morgan fingerprint density at radius 3 is 1.70 bits per heavy atom. The minimum atomic E-state index is -1.26. The third-order valence-corrected chi connectivity index (χ3v) is 8.09. The second-order valence-corrected chi connectivity index (χ2v) is 12.2. The summed E-state index contributed by atoms with van der Waals surface area (Å²) in [6, 6.07) is 39.3. The van der Waals surface area contributed by atoms with Crippen LogP contribution in [0.2, 0.25) is 0 Å². The summed E-state index contributed by atoms with van der Waals surface area (Å²) < 4.78 is 38.2. The van der Waals surface area contributed by atoms with Crippen molar-refractivity contribution in [2.24, 2.45) is 0 Å². The number of ether oxygens (including phenoxy) is 6. The molecular formula is C39H44O8. The number of benzene rings is 4. The number of carboxylic acids is 1. The molecule has 0 saturated carbocycles. The molecule has 0 aromatic heterocycles. The summed E-state index contributed by atoms with van der Waals surface area (Å²) in [6.45, 7) is 5.05. The Morgan fingerprint density at radius 1 is 0.723 bits per heavy atom. The van der Waals surface area contributed by atoms with E-state index in [1.165, 1.54) is 0 Å². The normalized spacial score (nSPS) is 20.5. The van der Waals surface area contributed by atoms with E-state index in [0.29, 0.717) is 19.8 Å². The third-order valence-electron chi connectivity index (χ3n) is 8.09. The van der Waals surface area contributed by atoms with Gasteiger partial charge in [-0.1, -0.05) is 121 Å². The van der Waals surface area contributed by atoms with E-state index in [-0.39, 0.29) is 19.6 Å². The van der Waals surface area contributed by atoms with Crippen LogP contribution in [0.1, 0.15) is 42.5 Å². The molecule has 1 unspecified atom stereocenters. The van der Waals surface area contributed by atoms with E-state index in [4.69, 9.17) is 28.4 Å². The van der Waals surface area contributed by atoms with Crippen LogP contribution in [-0.2, 0) is 59.6 Å². The second kappa shape index (κ2) is 17.3. The van der Waals surface area contributed by atoms with Crippen LogP contribution in [0.15, 0.2) is 121 Å². The fourth-order valence-corrected chi connectivity index (χ4v) is 5.50. The van der Waals surface area contributed by atoms with E-state index in [1.54, 1.807) is 0 Å². The van der Waals surface area contributed by atoms with Crippen molar-refractivity contribution in [3.8, 4) is 0 Å². The van der Waals surface area contributed by atoms with Gasteiger partial charge in [-0.15, -0.1) is 0 Å². The Kier molecular flexibility index (Phi) is 12.7. The van der Waals surface area contributed by atoms with Gasteiger partial charge in [-0.05, 0) is 36.1 Å². The number of carboxylic acid groups (broad SMARTS) is 1. The van der Waals surface area contributed by atoms with Crippen molar-refractivity contribution in [1.82, 2.24) is 0 Å². The molecule has 0 radical (unpaired) electrons. The first-order valence-corrected chi connectivity index (χ1v) is 16.0. The van der Waals surface area contributed by atoms with Crippen molar-refractivity contribution < 1.29 is 38.3 Å². The molecule has 0 aliphatic carbocycles. The highest BCUT2D eigenvalue weighted by molar-refractivity contribution is 5.72. The van der Waals surface area contributed by atoms with Crippen molar-refractivity contribution in [2.45, 2.75) is 83.0 Å². The minimum absolute atomic E-state index is 0.147. The van der Waals surface area contributed by atoms with Gasteiger partial charge in [0.15, 0.2) is 12.4 Å². The van der Waals surface area contributed by atoms with Crippen LogP contribution in [0, 0.1) is 0 Å². The van der Waals surface area contributed by atoms with Gasteiger partial charge in [0.25, 0.3) is 0 Å². The molecule has 248 valence electrons. The van der Waals surface area contributed by atoms with Gasteiger partial charge in [-0.25, -0.2) is 4.79 Å². The van der Waals surface area contributed by atoms with Crippen LogP contribution in [0.3, 0.4) is 0 Å². The van der Waals surface area contributed by atoms with Gasteiger partial charge in [0.05, 0.1) is 44.7 Å². The van der Waals surface area contributed by atoms with Crippen molar-refractivity contribution >= 4 is 5.97 Å². The van der Waals surface area contributed by atoms with E-state index < -0.39 is 42.3 Å². The molecule has 0 amide bonds. The number of aliphatic carboxylic acids is 1. The van der Waals surface area contributed by atoms with Crippen LogP contribution in [0.25, 0.3) is 0 Å². The smallest absolute Gasteiger partial charge is 0.335 e. The summed E-state index contributed by atoms with van der Waals surface area (Å²) in [5.74, 6) is -1.14. The highest BCUT2D eigenvalue weighted by Gasteiger charge is 2.49. The maximum Gasteiger partial charge on any atom is 0.335 e. The predicted octanol–water partition coefficient (Wildman–Crippen LogP) is 6.95. The van der Waals surface area contributed by atoms with Crippen LogP contribution < -0.4 is 0 Å². The first kappa shape index (κ1) is 34.4. The molecule has 1 aliphatic heterocycles. The summed E-state index contributed by atoms with van der Waals surface area (Å²) in [5, 5.41) is 10.1. The maximum atomic E-state index is 12.3. The van der Waals surface area contributed by atoms with Gasteiger partial charge in [-0.3, -0.25) is 0 Å². The molecule has 0 bridgehead atoms. The summed E-state index contributed by atoms with van der Waals surface area (Å²) in [4.78, 5) is 12.3. The fraction of sp³-hybridized carbons (Fsp3) is 0.359. The lowest BCUT2D eigenvalue weighted by Gasteiger charge is -2.47. The zero-order chi connectivity index (χ0) is 32.9. The van der Waals surface area contributed by atoms with Crippen molar-refractivity contribution in [1.29, 1.82) is 0 Å². The summed E-state index contributed by atoms with van der Waals surface area (Å²) in [7, 11) is 0. The van der Waals surface area contributed by atoms with Crippen molar-refractivity contribution in [3.63, 3.8) is 0 Å². The Morgan fingerprint density at radius 2 is 1.19 bits per heavy atom. The number of hydrogen-bond acceptors (Lipinski definition) is 7. The molecule has 1 fully saturated rings. The SMILES string of the molecule is CC(C)(OCc1ccccc1)[C@H]1O[C@H](OC(COCc2ccccc2)C(=O)O)C[C@@H](OCc2ccccc2)[C@@H]1OCc1ccccc1. The van der Waals surface area contributed by atoms with Crippen LogP contribution in [0.4, 0.5) is 0 Å². The topological polar surface area (TPSA) is 92.7 Å². The number of rotatable bonds is 17. The Labute approximate surface area is 277 Å². The average Bonchev–Trinajstić information content (AvgIpc) is 3.10. The number of carbonyl (C=O) groups is 1. The highest BCUT2D eigenvalue weighted by Crippen LogP contribution is 2.36. The molecule has 1 saturated heterocycles. The Hall–Kier alpha value is -3.89. The molecule has 4 aromatic rings. The van der Waals surface area contributed by atoms with Crippen LogP contribution in [0.5, 0.6) is 0 Å². The molecule has 47 heavy (non-hydrogen) atoms. The lowest BCUT2D eigenvalue weighted by molar-refractivity contribution is -0.314. The average molecular weight is 641 g/mol. The molecule has 8 nitrogen and oxygen atoms in total. The Bertz CT molecular complexity index is 1470. The summed E-state index contributed by atoms with van der Waals surface area (Å²) in [6.07, 6.45) is -3.65. The molecule has 5 rings (SSSR count).